The summed E-state index contributed by atoms with van der Waals surface area (Å²) < 4.78 is 14.2. The Morgan fingerprint density at radius 2 is 1.81 bits per heavy atom. The lowest BCUT2D eigenvalue weighted by Crippen LogP contribution is -2.24. The smallest absolute Gasteiger partial charge is 0.322 e. The lowest BCUT2D eigenvalue weighted by molar-refractivity contribution is -0.116. The largest absolute Gasteiger partial charge is 0.328 e. The van der Waals surface area contributed by atoms with Crippen LogP contribution < -0.4 is 10.9 Å². The monoisotopic (exact) mass is 419 g/mol. The molecule has 1 aromatic heterocycles. The number of likely N-dealkylation sites (N-methyl/N-ethyl adjacent to an activating group) is 1. The fourth-order valence-electron chi connectivity index (χ4n) is 3.82. The molecule has 1 aliphatic heterocycles. The van der Waals surface area contributed by atoms with Gasteiger partial charge in [-0.25, -0.2) is 9.18 Å². The van der Waals surface area contributed by atoms with E-state index in [2.05, 4.69) is 10.3 Å². The number of fused-ring (bicyclic) bond motifs is 1. The molecule has 0 spiro atoms. The Kier molecular flexibility index (Phi) is 5.19. The van der Waals surface area contributed by atoms with Gasteiger partial charge in [0.2, 0.25) is 0 Å². The van der Waals surface area contributed by atoms with Crippen LogP contribution in [0.15, 0.2) is 65.1 Å². The van der Waals surface area contributed by atoms with E-state index >= 15 is 0 Å². The van der Waals surface area contributed by atoms with Gasteiger partial charge in [-0.3, -0.25) is 19.8 Å². The molecule has 1 fully saturated rings. The number of carbonyl (C=O) groups excluding carboxylic acids is 2. The van der Waals surface area contributed by atoms with Crippen molar-refractivity contribution in [1.29, 1.82) is 0 Å². The number of nitrogens with one attached hydrogen (secondary N) is 2. The molecule has 1 aliphatic rings. The second-order valence-electron chi connectivity index (χ2n) is 7.97. The molecule has 2 aromatic carbocycles. The third kappa shape index (κ3) is 3.74. The lowest BCUT2D eigenvalue weighted by atomic mass is 9.88. The number of hydrogen-bond donors (Lipinski definition) is 2. The van der Waals surface area contributed by atoms with Crippen molar-refractivity contribution in [2.75, 3.05) is 7.05 Å². The van der Waals surface area contributed by atoms with Crippen molar-refractivity contribution in [3.63, 3.8) is 0 Å². The minimum Gasteiger partial charge on any atom is -0.322 e. The molecule has 2 heterocycles. The minimum absolute atomic E-state index is 0.00566. The molecule has 158 valence electrons. The predicted molar refractivity (Wildman–Crippen MR) is 117 cm³/mol. The molecule has 0 radical (unpaired) electrons. The molecule has 7 heteroatoms. The van der Waals surface area contributed by atoms with Gasteiger partial charge in [0.05, 0.1) is 0 Å². The number of halogens is 1. The Morgan fingerprint density at radius 1 is 1.03 bits per heavy atom. The first-order chi connectivity index (χ1) is 14.8. The molecule has 0 bridgehead atoms. The molecule has 4 rings (SSSR count). The quantitative estimate of drug-likeness (QED) is 0.493. The van der Waals surface area contributed by atoms with Crippen LogP contribution in [-0.2, 0) is 4.79 Å². The summed E-state index contributed by atoms with van der Waals surface area (Å²) in [6.07, 6.45) is 1.65. The van der Waals surface area contributed by atoms with E-state index in [0.717, 1.165) is 5.39 Å². The van der Waals surface area contributed by atoms with Gasteiger partial charge in [0.1, 0.15) is 11.5 Å². The first-order valence-electron chi connectivity index (χ1n) is 9.99. The Hall–Kier alpha value is -3.74. The van der Waals surface area contributed by atoms with Crippen molar-refractivity contribution < 1.29 is 14.0 Å². The number of amides is 3. The zero-order valence-electron chi connectivity index (χ0n) is 17.4. The van der Waals surface area contributed by atoms with Crippen LogP contribution >= 0.6 is 0 Å². The van der Waals surface area contributed by atoms with Crippen LogP contribution in [0.1, 0.15) is 25.3 Å². The van der Waals surface area contributed by atoms with Crippen molar-refractivity contribution in [3.05, 3.63) is 82.0 Å². The number of benzene rings is 2. The molecule has 0 aliphatic carbocycles. The summed E-state index contributed by atoms with van der Waals surface area (Å²) in [5.41, 5.74) is 1.67. The van der Waals surface area contributed by atoms with Crippen molar-refractivity contribution in [1.82, 2.24) is 15.2 Å². The second-order valence-corrected chi connectivity index (χ2v) is 7.97. The van der Waals surface area contributed by atoms with Crippen LogP contribution in [0, 0.1) is 11.7 Å². The number of urea groups is 1. The normalized spacial score (nSPS) is 16.4. The van der Waals surface area contributed by atoms with Gasteiger partial charge in [-0.05, 0) is 41.1 Å². The number of carbonyl (C=O) groups is 2. The van der Waals surface area contributed by atoms with Gasteiger partial charge in [-0.1, -0.05) is 44.2 Å². The molecule has 3 amide bonds. The third-order valence-corrected chi connectivity index (χ3v) is 5.61. The van der Waals surface area contributed by atoms with E-state index in [9.17, 15) is 18.8 Å². The van der Waals surface area contributed by atoms with Gasteiger partial charge >= 0.3 is 6.03 Å². The molecule has 3 aromatic rings. The van der Waals surface area contributed by atoms with Crippen molar-refractivity contribution in [2.24, 2.45) is 5.92 Å². The lowest BCUT2D eigenvalue weighted by Gasteiger charge is -2.19. The zero-order chi connectivity index (χ0) is 22.3. The minimum atomic E-state index is -0.494. The van der Waals surface area contributed by atoms with Gasteiger partial charge in [-0.2, -0.15) is 0 Å². The standard InChI is InChI=1S/C24H22FN3O3/c1-13(2)17(12-21-23(30)27-24(31)28(21)3)16-9-10-20(26-22(16)29)15-8-7-14-5-4-6-19(25)18(14)11-15/h4-13,17H,1-3H3,(H,26,29)(H,27,30,31). The number of rotatable bonds is 4. The Labute approximate surface area is 178 Å². The van der Waals surface area contributed by atoms with E-state index in [0.29, 0.717) is 22.2 Å². The molecule has 31 heavy (non-hydrogen) atoms. The van der Waals surface area contributed by atoms with Crippen molar-refractivity contribution in [2.45, 2.75) is 19.8 Å². The molecular formula is C24H22FN3O3. The average Bonchev–Trinajstić information content (AvgIpc) is 2.97. The predicted octanol–water partition coefficient (Wildman–Crippen LogP) is 4.14. The van der Waals surface area contributed by atoms with Crippen molar-refractivity contribution >= 4 is 22.7 Å². The summed E-state index contributed by atoms with van der Waals surface area (Å²) in [6, 6.07) is 13.2. The van der Waals surface area contributed by atoms with Gasteiger partial charge in [-0.15, -0.1) is 0 Å². The summed E-state index contributed by atoms with van der Waals surface area (Å²) >= 11 is 0. The van der Waals surface area contributed by atoms with E-state index in [1.54, 1.807) is 30.3 Å². The second kappa shape index (κ2) is 7.83. The third-order valence-electron chi connectivity index (χ3n) is 5.61. The number of pyridine rings is 1. The van der Waals surface area contributed by atoms with Gasteiger partial charge in [0.15, 0.2) is 0 Å². The maximum Gasteiger partial charge on any atom is 0.328 e. The fraction of sp³-hybridized carbons (Fsp3) is 0.208. The highest BCUT2D eigenvalue weighted by atomic mass is 19.1. The van der Waals surface area contributed by atoms with E-state index in [4.69, 9.17) is 0 Å². The molecule has 0 saturated carbocycles. The summed E-state index contributed by atoms with van der Waals surface area (Å²) in [5, 5.41) is 3.50. The maximum atomic E-state index is 14.2. The Balaban J connectivity index is 1.74. The number of aromatic amines is 1. The fourth-order valence-corrected chi connectivity index (χ4v) is 3.82. The molecule has 1 atom stereocenters. The van der Waals surface area contributed by atoms with E-state index in [-0.39, 0.29) is 28.9 Å². The number of allylic oxidation sites excluding steroid dienone is 1. The van der Waals surface area contributed by atoms with E-state index < -0.39 is 11.9 Å². The van der Waals surface area contributed by atoms with E-state index in [1.165, 1.54) is 18.0 Å². The van der Waals surface area contributed by atoms with Crippen LogP contribution in [0.3, 0.4) is 0 Å². The Bertz CT molecular complexity index is 1290. The summed E-state index contributed by atoms with van der Waals surface area (Å²) in [4.78, 5) is 40.9. The average molecular weight is 419 g/mol. The molecule has 1 unspecified atom stereocenters. The zero-order valence-corrected chi connectivity index (χ0v) is 17.4. The van der Waals surface area contributed by atoms with Gasteiger partial charge < -0.3 is 4.98 Å². The summed E-state index contributed by atoms with van der Waals surface area (Å²) in [6.45, 7) is 3.88. The van der Waals surface area contributed by atoms with Crippen LogP contribution in [0.25, 0.3) is 22.0 Å². The van der Waals surface area contributed by atoms with Gasteiger partial charge in [0.25, 0.3) is 11.5 Å². The number of H-pyrrole nitrogens is 1. The van der Waals surface area contributed by atoms with Crippen LogP contribution in [0.2, 0.25) is 0 Å². The molecular weight excluding hydrogens is 397 g/mol. The summed E-state index contributed by atoms with van der Waals surface area (Å²) in [5.74, 6) is -1.17. The molecule has 1 saturated heterocycles. The number of nitrogens with zero attached hydrogens (tertiary/aromatic N) is 1. The maximum absolute atomic E-state index is 14.2. The first-order valence-corrected chi connectivity index (χ1v) is 9.99. The van der Waals surface area contributed by atoms with Crippen LogP contribution in [0.4, 0.5) is 9.18 Å². The highest BCUT2D eigenvalue weighted by molar-refractivity contribution is 6.11. The molecule has 2 N–H and O–H groups in total. The molecule has 6 nitrogen and oxygen atoms in total. The van der Waals surface area contributed by atoms with Crippen LogP contribution in [-0.4, -0.2) is 28.9 Å². The topological polar surface area (TPSA) is 82.3 Å². The van der Waals surface area contributed by atoms with E-state index in [1.807, 2.05) is 32.0 Å². The summed E-state index contributed by atoms with van der Waals surface area (Å²) in [7, 11) is 1.51. The number of imide groups is 1. The Morgan fingerprint density at radius 3 is 2.45 bits per heavy atom. The highest BCUT2D eigenvalue weighted by Gasteiger charge is 2.31. The SMILES string of the molecule is CC(C)C(C=C1C(=O)NC(=O)N1C)c1ccc(-c2ccc3cccc(F)c3c2)[nH]c1=O. The number of aromatic nitrogens is 1. The van der Waals surface area contributed by atoms with Gasteiger partial charge in [0, 0.05) is 29.6 Å². The number of hydrogen-bond acceptors (Lipinski definition) is 3. The van der Waals surface area contributed by atoms with Crippen LogP contribution in [0.5, 0.6) is 0 Å². The highest BCUT2D eigenvalue weighted by Crippen LogP contribution is 2.29. The first kappa shape index (κ1) is 20.5. The van der Waals surface area contributed by atoms with Crippen molar-refractivity contribution in [3.8, 4) is 11.3 Å².